The van der Waals surface area contributed by atoms with Gasteiger partial charge in [0.15, 0.2) is 0 Å². The summed E-state index contributed by atoms with van der Waals surface area (Å²) in [6, 6.07) is 0. The Morgan fingerprint density at radius 3 is 1.63 bits per heavy atom. The average Bonchev–Trinajstić information content (AvgIpc) is 3.99. The van der Waals surface area contributed by atoms with E-state index in [4.69, 9.17) is 38.6 Å². The molecule has 15 nitrogen and oxygen atoms in total. The van der Waals surface area contributed by atoms with Crippen LogP contribution in [0.3, 0.4) is 0 Å². The van der Waals surface area contributed by atoms with Crippen molar-refractivity contribution in [3.8, 4) is 0 Å². The molecule has 7 unspecified atom stereocenters. The van der Waals surface area contributed by atoms with Crippen LogP contribution in [-0.2, 0) is 52.3 Å². The van der Waals surface area contributed by atoms with Gasteiger partial charge in [-0.05, 0) is 83.0 Å². The summed E-state index contributed by atoms with van der Waals surface area (Å²) in [4.78, 5) is 43.5. The highest BCUT2D eigenvalue weighted by molar-refractivity contribution is 5.92. The molecule has 4 aliphatic carbocycles. The second kappa shape index (κ2) is 21.3. The van der Waals surface area contributed by atoms with Crippen LogP contribution in [0.2, 0.25) is 0 Å². The number of aliphatic carboxylic acids is 1. The molecule has 7 aliphatic rings. The molecule has 0 spiro atoms. The molecular formula is C39H64O15. The van der Waals surface area contributed by atoms with Gasteiger partial charge >= 0.3 is 23.9 Å². The predicted octanol–water partition coefficient (Wildman–Crippen LogP) is 3.37. The Labute approximate surface area is 318 Å². The van der Waals surface area contributed by atoms with Crippen LogP contribution in [0.5, 0.6) is 0 Å². The van der Waals surface area contributed by atoms with Gasteiger partial charge in [0.05, 0.1) is 95.7 Å². The first-order valence-electron chi connectivity index (χ1n) is 19.9. The van der Waals surface area contributed by atoms with Gasteiger partial charge in [-0.2, -0.15) is 0 Å². The molecule has 6 bridgehead atoms. The number of aliphatic hydroxyl groups excluding tert-OH is 2. The van der Waals surface area contributed by atoms with Crippen LogP contribution in [0.1, 0.15) is 104 Å². The normalized spacial score (nSPS) is 31.6. The van der Waals surface area contributed by atoms with Crippen molar-refractivity contribution >= 4 is 23.9 Å². The molecule has 0 amide bonds. The van der Waals surface area contributed by atoms with Gasteiger partial charge < -0.3 is 53.6 Å². The third-order valence-electron chi connectivity index (χ3n) is 11.4. The molecule has 0 aromatic rings. The number of rotatable bonds is 15. The quantitative estimate of drug-likeness (QED) is 0.0813. The number of cyclic esters (lactones) is 2. The first kappa shape index (κ1) is 44.5. The number of carboxylic acids is 1. The molecule has 0 radical (unpaired) electrons. The zero-order valence-corrected chi connectivity index (χ0v) is 32.3. The maximum atomic E-state index is 11.8. The molecular weight excluding hydrogens is 708 g/mol. The maximum Gasteiger partial charge on any atom is 0.314 e. The predicted molar refractivity (Wildman–Crippen MR) is 190 cm³/mol. The highest BCUT2D eigenvalue weighted by atomic mass is 16.8. The molecule has 3 aliphatic heterocycles. The molecule has 7 rings (SSSR count). The molecule has 310 valence electrons. The number of carboxylic acid groups (broad SMARTS) is 1. The summed E-state index contributed by atoms with van der Waals surface area (Å²) in [5, 5.41) is 37.9. The van der Waals surface area contributed by atoms with Crippen molar-refractivity contribution in [2.45, 2.75) is 128 Å². The largest absolute Gasteiger partial charge is 0.481 e. The molecule has 0 aromatic heterocycles. The van der Waals surface area contributed by atoms with E-state index in [-0.39, 0.29) is 83.2 Å². The van der Waals surface area contributed by atoms with Crippen molar-refractivity contribution in [2.24, 2.45) is 41.4 Å². The minimum Gasteiger partial charge on any atom is -0.481 e. The Kier molecular flexibility index (Phi) is 17.6. The second-order valence-corrected chi connectivity index (χ2v) is 16.5. The van der Waals surface area contributed by atoms with Crippen molar-refractivity contribution in [3.05, 3.63) is 0 Å². The van der Waals surface area contributed by atoms with Crippen LogP contribution in [-0.4, -0.2) is 121 Å². The fourth-order valence-corrected chi connectivity index (χ4v) is 9.03. The zero-order valence-electron chi connectivity index (χ0n) is 32.3. The second-order valence-electron chi connectivity index (χ2n) is 16.5. The smallest absolute Gasteiger partial charge is 0.314 e. The molecule has 0 aromatic carbocycles. The molecule has 3 heterocycles. The summed E-state index contributed by atoms with van der Waals surface area (Å²) in [5.74, 6) is -1.78. The third-order valence-corrected chi connectivity index (χ3v) is 11.4. The monoisotopic (exact) mass is 772 g/mol. The number of ether oxygens (including phenoxy) is 7. The SMILES string of the molecule is C1CC2CCC1C2.CC(C)(C)OC(=O)C1CC2CCC1C2.O=C(O)C1C2CCC(O2)C1C(O)(OCCOCCO)OCCOCCO.O=C1CCC(=O)O1. The van der Waals surface area contributed by atoms with E-state index in [0.29, 0.717) is 18.8 Å². The zero-order chi connectivity index (χ0) is 39.3. The summed E-state index contributed by atoms with van der Waals surface area (Å²) in [6.45, 7) is 5.93. The summed E-state index contributed by atoms with van der Waals surface area (Å²) in [7, 11) is 0. The van der Waals surface area contributed by atoms with Crippen LogP contribution >= 0.6 is 0 Å². The van der Waals surface area contributed by atoms with Gasteiger partial charge in [0.2, 0.25) is 0 Å². The molecule has 4 saturated carbocycles. The van der Waals surface area contributed by atoms with Gasteiger partial charge in [-0.3, -0.25) is 19.2 Å². The van der Waals surface area contributed by atoms with Crippen molar-refractivity contribution in [2.75, 3.05) is 52.9 Å². The van der Waals surface area contributed by atoms with Crippen LogP contribution in [0, 0.1) is 41.4 Å². The van der Waals surface area contributed by atoms with Crippen LogP contribution < -0.4 is 0 Å². The number of hydrogen-bond donors (Lipinski definition) is 4. The van der Waals surface area contributed by atoms with Crippen LogP contribution in [0.15, 0.2) is 0 Å². The lowest BCUT2D eigenvalue weighted by Gasteiger charge is -2.38. The van der Waals surface area contributed by atoms with Crippen molar-refractivity contribution in [1.29, 1.82) is 0 Å². The first-order chi connectivity index (χ1) is 25.7. The van der Waals surface area contributed by atoms with Gasteiger partial charge in [0, 0.05) is 0 Å². The minimum atomic E-state index is -2.16. The topological polar surface area (TPSA) is 214 Å². The van der Waals surface area contributed by atoms with E-state index in [0.717, 1.165) is 12.3 Å². The van der Waals surface area contributed by atoms with Crippen molar-refractivity contribution in [1.82, 2.24) is 0 Å². The third kappa shape index (κ3) is 13.5. The lowest BCUT2D eigenvalue weighted by molar-refractivity contribution is -0.397. The van der Waals surface area contributed by atoms with Gasteiger partial charge in [0.1, 0.15) is 5.60 Å². The van der Waals surface area contributed by atoms with E-state index in [2.05, 4.69) is 4.74 Å². The van der Waals surface area contributed by atoms with Crippen molar-refractivity contribution < 1.29 is 72.8 Å². The van der Waals surface area contributed by atoms with Gasteiger partial charge in [-0.1, -0.05) is 32.1 Å². The Bertz CT molecular complexity index is 1160. The average molecular weight is 773 g/mol. The first-order valence-corrected chi connectivity index (χ1v) is 19.9. The minimum absolute atomic E-state index is 0.0460. The lowest BCUT2D eigenvalue weighted by atomic mass is 9.77. The van der Waals surface area contributed by atoms with E-state index in [9.17, 15) is 29.4 Å². The highest BCUT2D eigenvalue weighted by Crippen LogP contribution is 2.50. The number of aliphatic hydroxyl groups is 3. The number of hydrogen-bond acceptors (Lipinski definition) is 14. The number of carbonyl (C=O) groups is 4. The highest BCUT2D eigenvalue weighted by Gasteiger charge is 2.62. The maximum absolute atomic E-state index is 11.8. The Balaban J connectivity index is 0.000000189. The Hall–Kier alpha value is -2.24. The van der Waals surface area contributed by atoms with Crippen molar-refractivity contribution in [3.63, 3.8) is 0 Å². The Morgan fingerprint density at radius 1 is 0.704 bits per heavy atom. The van der Waals surface area contributed by atoms with E-state index in [1.807, 2.05) is 20.8 Å². The Morgan fingerprint density at radius 2 is 1.24 bits per heavy atom. The standard InChI is InChI=1S/C16H28O10.C12H20O2.C7H12.C4H4O3/c17-3-5-22-7-9-24-16(21,25-10-8-23-6-4-18)14-12-2-1-11(26-12)13(14)15(19)20;1-12(2,3)14-11(13)10-7-8-4-5-9(10)6-8;1-2-7-4-3-6(1)5-7;5-3-1-2-4(6)7-3/h11-14,17-18,21H,1-10H2,(H,19,20);8-10H,4-7H2,1-3H3;6-7H,1-5H2;1-2H2. The molecule has 54 heavy (non-hydrogen) atoms. The van der Waals surface area contributed by atoms with Crippen LogP contribution in [0.25, 0.3) is 0 Å². The number of fused-ring (bicyclic) bond motifs is 6. The number of esters is 3. The fourth-order valence-electron chi connectivity index (χ4n) is 9.03. The summed E-state index contributed by atoms with van der Waals surface area (Å²) < 4.78 is 36.3. The summed E-state index contributed by atoms with van der Waals surface area (Å²) in [6.07, 6.45) is 13.6. The van der Waals surface area contributed by atoms with Crippen LogP contribution in [0.4, 0.5) is 0 Å². The lowest BCUT2D eigenvalue weighted by Crippen LogP contribution is -2.53. The van der Waals surface area contributed by atoms with E-state index < -0.39 is 47.9 Å². The van der Waals surface area contributed by atoms with Gasteiger partial charge in [-0.25, -0.2) is 0 Å². The number of carbonyl (C=O) groups excluding carboxylic acids is 3. The summed E-state index contributed by atoms with van der Waals surface area (Å²) >= 11 is 0. The molecule has 15 heteroatoms. The summed E-state index contributed by atoms with van der Waals surface area (Å²) in [5.41, 5.74) is -0.321. The van der Waals surface area contributed by atoms with E-state index in [1.165, 1.54) is 31.1 Å². The van der Waals surface area contributed by atoms with E-state index in [1.54, 1.807) is 32.1 Å². The fraction of sp³-hybridized carbons (Fsp3) is 0.897. The molecule has 3 saturated heterocycles. The molecule has 7 fully saturated rings. The van der Waals surface area contributed by atoms with E-state index >= 15 is 0 Å². The van der Waals surface area contributed by atoms with Gasteiger partial charge in [-0.15, -0.1) is 0 Å². The van der Waals surface area contributed by atoms with Gasteiger partial charge in [0.25, 0.3) is 5.97 Å². The molecule has 4 N–H and O–H groups in total. The molecule has 7 atom stereocenters.